The summed E-state index contributed by atoms with van der Waals surface area (Å²) in [6.45, 7) is 0.442. The molecule has 9 heteroatoms. The van der Waals surface area contributed by atoms with Gasteiger partial charge in [-0.15, -0.1) is 0 Å². The maximum absolute atomic E-state index is 13.0. The number of primary amides is 2. The molecule has 5 N–H and O–H groups in total. The topological polar surface area (TPSA) is 159 Å². The summed E-state index contributed by atoms with van der Waals surface area (Å²) in [7, 11) is 0. The van der Waals surface area contributed by atoms with Gasteiger partial charge >= 0.3 is 0 Å². The number of phenolic OH excluding ortho intramolecular Hbond substituents is 1. The monoisotopic (exact) mass is 509 g/mol. The van der Waals surface area contributed by atoms with Crippen LogP contribution in [0.5, 0.6) is 5.75 Å². The molecule has 4 rings (SSSR count). The summed E-state index contributed by atoms with van der Waals surface area (Å²) in [6, 6.07) is 25.6. The Hall–Kier alpha value is -4.94. The van der Waals surface area contributed by atoms with Gasteiger partial charge in [0, 0.05) is 37.1 Å². The van der Waals surface area contributed by atoms with E-state index in [1.165, 1.54) is 12.1 Å². The predicted molar refractivity (Wildman–Crippen MR) is 140 cm³/mol. The number of aromatic nitrogens is 1. The molecule has 3 aromatic carbocycles. The summed E-state index contributed by atoms with van der Waals surface area (Å²) in [5, 5.41) is 23.1. The third kappa shape index (κ3) is 6.43. The van der Waals surface area contributed by atoms with Crippen molar-refractivity contribution in [3.8, 4) is 23.1 Å². The first-order valence-electron chi connectivity index (χ1n) is 11.9. The lowest BCUT2D eigenvalue weighted by molar-refractivity contribution is -0.125. The van der Waals surface area contributed by atoms with Crippen LogP contribution in [0.1, 0.15) is 34.7 Å². The summed E-state index contributed by atoms with van der Waals surface area (Å²) in [4.78, 5) is 26.9. The fraction of sp³-hybridized carbons (Fsp3) is 0.172. The molecule has 0 aliphatic heterocycles. The number of hydrogen-bond acceptors (Lipinski definition) is 7. The van der Waals surface area contributed by atoms with Gasteiger partial charge < -0.3 is 21.1 Å². The van der Waals surface area contributed by atoms with E-state index in [4.69, 9.17) is 21.3 Å². The Morgan fingerprint density at radius 3 is 2.26 bits per heavy atom. The van der Waals surface area contributed by atoms with E-state index in [0.29, 0.717) is 22.6 Å². The van der Waals surface area contributed by atoms with Gasteiger partial charge in [0.25, 0.3) is 0 Å². The first-order valence-corrected chi connectivity index (χ1v) is 11.9. The molecular weight excluding hydrogens is 482 g/mol. The SMILES string of the molecule is N#Cc1ccc(CN(Cc2cc(-c3ccccc3)on2)C(C(N)=O)C(CC(N)=O)c2ccc(O)cc2)cc1. The van der Waals surface area contributed by atoms with E-state index < -0.39 is 23.8 Å². The maximum Gasteiger partial charge on any atom is 0.235 e. The standard InChI is InChI=1S/C29H27N5O4/c30-16-19-6-8-20(9-7-19)17-34(18-23-14-26(38-33-23)22-4-2-1-3-5-22)28(29(32)37)25(15-27(31)36)21-10-12-24(35)13-11-21/h1-14,25,28,35H,15,17-18H2,(H2,31,36)(H2,32,37). The van der Waals surface area contributed by atoms with Crippen LogP contribution in [-0.2, 0) is 22.7 Å². The largest absolute Gasteiger partial charge is 0.508 e. The molecule has 1 aromatic heterocycles. The number of rotatable bonds is 11. The summed E-state index contributed by atoms with van der Waals surface area (Å²) < 4.78 is 5.56. The minimum atomic E-state index is -0.959. The Morgan fingerprint density at radius 1 is 0.974 bits per heavy atom. The minimum absolute atomic E-state index is 0.0488. The molecule has 0 radical (unpaired) electrons. The zero-order valence-electron chi connectivity index (χ0n) is 20.5. The zero-order valence-corrected chi connectivity index (χ0v) is 20.5. The highest BCUT2D eigenvalue weighted by molar-refractivity contribution is 5.83. The second-order valence-electron chi connectivity index (χ2n) is 8.98. The third-order valence-electron chi connectivity index (χ3n) is 6.26. The summed E-state index contributed by atoms with van der Waals surface area (Å²) in [5.74, 6) is -1.32. The van der Waals surface area contributed by atoms with Crippen LogP contribution in [0.25, 0.3) is 11.3 Å². The minimum Gasteiger partial charge on any atom is -0.508 e. The molecule has 0 aliphatic rings. The number of carbonyl (C=O) groups is 2. The van der Waals surface area contributed by atoms with Crippen molar-refractivity contribution in [3.63, 3.8) is 0 Å². The number of amides is 2. The molecule has 0 aliphatic carbocycles. The van der Waals surface area contributed by atoms with Crippen molar-refractivity contribution in [1.29, 1.82) is 5.26 Å². The van der Waals surface area contributed by atoms with Crippen molar-refractivity contribution in [1.82, 2.24) is 10.1 Å². The van der Waals surface area contributed by atoms with Crippen molar-refractivity contribution < 1.29 is 19.2 Å². The zero-order chi connectivity index (χ0) is 27.1. The molecule has 2 atom stereocenters. The highest BCUT2D eigenvalue weighted by Gasteiger charge is 2.35. The van der Waals surface area contributed by atoms with Gasteiger partial charge in [-0.3, -0.25) is 14.5 Å². The second kappa shape index (κ2) is 11.9. The fourth-order valence-corrected chi connectivity index (χ4v) is 4.49. The lowest BCUT2D eigenvalue weighted by Gasteiger charge is -2.34. The van der Waals surface area contributed by atoms with Gasteiger partial charge in [-0.2, -0.15) is 5.26 Å². The van der Waals surface area contributed by atoms with Gasteiger partial charge in [-0.1, -0.05) is 59.8 Å². The molecule has 0 saturated carbocycles. The Kier molecular flexibility index (Phi) is 8.16. The molecule has 192 valence electrons. The van der Waals surface area contributed by atoms with E-state index in [1.54, 1.807) is 42.5 Å². The Labute approximate surface area is 219 Å². The molecule has 38 heavy (non-hydrogen) atoms. The van der Waals surface area contributed by atoms with E-state index in [0.717, 1.165) is 11.1 Å². The van der Waals surface area contributed by atoms with Gasteiger partial charge in [0.1, 0.15) is 5.75 Å². The van der Waals surface area contributed by atoms with Crippen LogP contribution < -0.4 is 11.5 Å². The molecule has 2 amide bonds. The molecule has 0 spiro atoms. The second-order valence-corrected chi connectivity index (χ2v) is 8.98. The maximum atomic E-state index is 13.0. The van der Waals surface area contributed by atoms with Gasteiger partial charge in [0.2, 0.25) is 11.8 Å². The summed E-state index contributed by atoms with van der Waals surface area (Å²) in [6.07, 6.45) is -0.143. The van der Waals surface area contributed by atoms with Gasteiger partial charge in [0.05, 0.1) is 23.4 Å². The average molecular weight is 510 g/mol. The van der Waals surface area contributed by atoms with Gasteiger partial charge in [0.15, 0.2) is 5.76 Å². The van der Waals surface area contributed by atoms with Gasteiger partial charge in [-0.25, -0.2) is 0 Å². The van der Waals surface area contributed by atoms with E-state index in [1.807, 2.05) is 35.2 Å². The number of aromatic hydroxyl groups is 1. The van der Waals surface area contributed by atoms with E-state index >= 15 is 0 Å². The first kappa shape index (κ1) is 26.1. The number of benzene rings is 3. The summed E-state index contributed by atoms with van der Waals surface area (Å²) >= 11 is 0. The predicted octanol–water partition coefficient (Wildman–Crippen LogP) is 3.43. The molecule has 0 bridgehead atoms. The molecule has 0 saturated heterocycles. The molecule has 9 nitrogen and oxygen atoms in total. The van der Waals surface area contributed by atoms with Crippen molar-refractivity contribution >= 4 is 11.8 Å². The van der Waals surface area contributed by atoms with Crippen LogP contribution in [0.3, 0.4) is 0 Å². The number of nitriles is 1. The van der Waals surface area contributed by atoms with Crippen molar-refractivity contribution in [2.45, 2.75) is 31.5 Å². The fourth-order valence-electron chi connectivity index (χ4n) is 4.49. The van der Waals surface area contributed by atoms with Crippen molar-refractivity contribution in [2.75, 3.05) is 0 Å². The van der Waals surface area contributed by atoms with Crippen LogP contribution in [0, 0.1) is 11.3 Å². The quantitative estimate of drug-likeness (QED) is 0.279. The smallest absolute Gasteiger partial charge is 0.235 e. The molecule has 4 aromatic rings. The number of nitrogens with zero attached hydrogens (tertiary/aromatic N) is 3. The molecule has 1 heterocycles. The van der Waals surface area contributed by atoms with Crippen LogP contribution in [-0.4, -0.2) is 33.0 Å². The molecular formula is C29H27N5O4. The normalized spacial score (nSPS) is 12.5. The Balaban J connectivity index is 1.73. The van der Waals surface area contributed by atoms with E-state index in [2.05, 4.69) is 11.2 Å². The van der Waals surface area contributed by atoms with Crippen molar-refractivity contribution in [2.24, 2.45) is 11.5 Å². The number of hydrogen-bond donors (Lipinski definition) is 3. The first-order chi connectivity index (χ1) is 18.3. The number of carbonyl (C=O) groups excluding carboxylic acids is 2. The van der Waals surface area contributed by atoms with Crippen molar-refractivity contribution in [3.05, 3.63) is 107 Å². The lowest BCUT2D eigenvalue weighted by Crippen LogP contribution is -2.48. The highest BCUT2D eigenvalue weighted by Crippen LogP contribution is 2.31. The van der Waals surface area contributed by atoms with E-state index in [-0.39, 0.29) is 25.3 Å². The van der Waals surface area contributed by atoms with Crippen LogP contribution in [0.4, 0.5) is 0 Å². The molecule has 2 unspecified atom stereocenters. The Bertz CT molecular complexity index is 1430. The number of phenols is 1. The average Bonchev–Trinajstić information content (AvgIpc) is 3.38. The van der Waals surface area contributed by atoms with Crippen LogP contribution >= 0.6 is 0 Å². The third-order valence-corrected chi connectivity index (χ3v) is 6.26. The Morgan fingerprint density at radius 2 is 1.66 bits per heavy atom. The molecule has 0 fully saturated rings. The number of nitrogens with two attached hydrogens (primary N) is 2. The lowest BCUT2D eigenvalue weighted by atomic mass is 9.86. The van der Waals surface area contributed by atoms with Gasteiger partial charge in [-0.05, 0) is 35.4 Å². The van der Waals surface area contributed by atoms with Crippen LogP contribution in [0.2, 0.25) is 0 Å². The van der Waals surface area contributed by atoms with Crippen LogP contribution in [0.15, 0.2) is 89.5 Å². The van der Waals surface area contributed by atoms with E-state index in [9.17, 15) is 14.7 Å². The summed E-state index contributed by atoms with van der Waals surface area (Å²) in [5.41, 5.74) is 14.9. The highest BCUT2D eigenvalue weighted by atomic mass is 16.5.